The Morgan fingerprint density at radius 3 is 2.46 bits per heavy atom. The number of piperidine rings is 1. The second-order valence-corrected chi connectivity index (χ2v) is 8.15. The standard InChI is InChI=1S/C17H26N2O4S/c1-14-8-11-19(12-9-14)24(21,22)16-6-4-15(5-7-16)17(20)18-10-3-13-23-2/h4-7,14H,3,8-13H2,1-2H3,(H,18,20). The van der Waals surface area contributed by atoms with E-state index < -0.39 is 10.0 Å². The monoisotopic (exact) mass is 354 g/mol. The molecule has 24 heavy (non-hydrogen) atoms. The summed E-state index contributed by atoms with van der Waals surface area (Å²) in [5, 5.41) is 2.78. The topological polar surface area (TPSA) is 75.7 Å². The first kappa shape index (κ1) is 18.9. The molecule has 6 nitrogen and oxygen atoms in total. The van der Waals surface area contributed by atoms with Crippen LogP contribution in [0.3, 0.4) is 0 Å². The quantitative estimate of drug-likeness (QED) is 0.759. The average Bonchev–Trinajstić information content (AvgIpc) is 2.59. The van der Waals surface area contributed by atoms with Crippen molar-refractivity contribution in [3.63, 3.8) is 0 Å². The zero-order valence-corrected chi connectivity index (χ0v) is 15.1. The molecule has 0 spiro atoms. The number of nitrogens with one attached hydrogen (secondary N) is 1. The Hall–Kier alpha value is -1.44. The third-order valence-electron chi connectivity index (χ3n) is 4.31. The summed E-state index contributed by atoms with van der Waals surface area (Å²) in [7, 11) is -1.85. The van der Waals surface area contributed by atoms with Crippen LogP contribution in [0.4, 0.5) is 0 Å². The summed E-state index contributed by atoms with van der Waals surface area (Å²) in [5.41, 5.74) is 0.457. The second kappa shape index (κ2) is 8.60. The Bertz CT molecular complexity index is 635. The highest BCUT2D eigenvalue weighted by molar-refractivity contribution is 7.89. The molecule has 0 saturated carbocycles. The van der Waals surface area contributed by atoms with E-state index in [4.69, 9.17) is 4.74 Å². The normalized spacial score (nSPS) is 16.9. The molecule has 0 radical (unpaired) electrons. The van der Waals surface area contributed by atoms with E-state index in [9.17, 15) is 13.2 Å². The molecule has 0 unspecified atom stereocenters. The first-order valence-corrected chi connectivity index (χ1v) is 9.76. The molecule has 1 aliphatic rings. The van der Waals surface area contributed by atoms with Crippen LogP contribution in [0.5, 0.6) is 0 Å². The van der Waals surface area contributed by atoms with Gasteiger partial charge in [-0.2, -0.15) is 4.31 Å². The second-order valence-electron chi connectivity index (χ2n) is 6.21. The number of amides is 1. The van der Waals surface area contributed by atoms with Crippen molar-refractivity contribution in [2.45, 2.75) is 31.1 Å². The van der Waals surface area contributed by atoms with Gasteiger partial charge in [0.25, 0.3) is 5.91 Å². The Morgan fingerprint density at radius 1 is 1.25 bits per heavy atom. The lowest BCUT2D eigenvalue weighted by Crippen LogP contribution is -2.37. The van der Waals surface area contributed by atoms with Gasteiger partial charge in [0.2, 0.25) is 10.0 Å². The third-order valence-corrected chi connectivity index (χ3v) is 6.22. The molecule has 0 atom stereocenters. The first-order chi connectivity index (χ1) is 11.4. The maximum atomic E-state index is 12.6. The van der Waals surface area contributed by atoms with E-state index in [2.05, 4.69) is 12.2 Å². The Kier molecular flexibility index (Phi) is 6.77. The van der Waals surface area contributed by atoms with Crippen LogP contribution in [0.2, 0.25) is 0 Å². The fourth-order valence-corrected chi connectivity index (χ4v) is 4.14. The zero-order chi connectivity index (χ0) is 17.6. The number of benzene rings is 1. The minimum absolute atomic E-state index is 0.207. The van der Waals surface area contributed by atoms with E-state index in [1.54, 1.807) is 19.2 Å². The molecule has 2 rings (SSSR count). The van der Waals surface area contributed by atoms with Gasteiger partial charge in [0.15, 0.2) is 0 Å². The third kappa shape index (κ3) is 4.78. The zero-order valence-electron chi connectivity index (χ0n) is 14.3. The smallest absolute Gasteiger partial charge is 0.251 e. The molecule has 0 bridgehead atoms. The number of ether oxygens (including phenoxy) is 1. The van der Waals surface area contributed by atoms with Gasteiger partial charge in [-0.15, -0.1) is 0 Å². The predicted molar refractivity (Wildman–Crippen MR) is 92.4 cm³/mol. The molecule has 0 aliphatic carbocycles. The van der Waals surface area contributed by atoms with Gasteiger partial charge in [-0.3, -0.25) is 4.79 Å². The van der Waals surface area contributed by atoms with Gasteiger partial charge in [-0.25, -0.2) is 8.42 Å². The molecule has 1 amide bonds. The molecule has 1 aromatic rings. The highest BCUT2D eigenvalue weighted by atomic mass is 32.2. The first-order valence-electron chi connectivity index (χ1n) is 8.32. The van der Waals surface area contributed by atoms with Crippen molar-refractivity contribution in [2.24, 2.45) is 5.92 Å². The number of hydrogen-bond donors (Lipinski definition) is 1. The van der Waals surface area contributed by atoms with Crippen molar-refractivity contribution in [1.29, 1.82) is 0 Å². The highest BCUT2D eigenvalue weighted by Crippen LogP contribution is 2.23. The molecular weight excluding hydrogens is 328 g/mol. The molecule has 0 aromatic heterocycles. The molecule has 7 heteroatoms. The van der Waals surface area contributed by atoms with E-state index in [0.29, 0.717) is 37.7 Å². The van der Waals surface area contributed by atoms with Crippen molar-refractivity contribution in [3.8, 4) is 0 Å². The number of methoxy groups -OCH3 is 1. The average molecular weight is 354 g/mol. The van der Waals surface area contributed by atoms with Gasteiger partial charge < -0.3 is 10.1 Å². The number of nitrogens with zero attached hydrogens (tertiary/aromatic N) is 1. The van der Waals surface area contributed by atoms with E-state index in [1.807, 2.05) is 0 Å². The number of sulfonamides is 1. The summed E-state index contributed by atoms with van der Waals surface area (Å²) in [4.78, 5) is 12.2. The summed E-state index contributed by atoms with van der Waals surface area (Å²) in [6, 6.07) is 6.14. The highest BCUT2D eigenvalue weighted by Gasteiger charge is 2.28. The van der Waals surface area contributed by atoms with Crippen molar-refractivity contribution in [1.82, 2.24) is 9.62 Å². The number of hydrogen-bond acceptors (Lipinski definition) is 4. The SMILES string of the molecule is COCCCNC(=O)c1ccc(S(=O)(=O)N2CCC(C)CC2)cc1. The number of carbonyl (C=O) groups excluding carboxylic acids is 1. The van der Waals surface area contributed by atoms with Crippen LogP contribution in [0, 0.1) is 5.92 Å². The van der Waals surface area contributed by atoms with Crippen LogP contribution in [0.25, 0.3) is 0 Å². The minimum atomic E-state index is -3.47. The van der Waals surface area contributed by atoms with Crippen molar-refractivity contribution in [2.75, 3.05) is 33.4 Å². The predicted octanol–water partition coefficient (Wildman–Crippen LogP) is 1.87. The summed E-state index contributed by atoms with van der Waals surface area (Å²) >= 11 is 0. The summed E-state index contributed by atoms with van der Waals surface area (Å²) in [6.07, 6.45) is 2.52. The lowest BCUT2D eigenvalue weighted by atomic mass is 10.0. The molecule has 134 valence electrons. The fourth-order valence-electron chi connectivity index (χ4n) is 2.67. The van der Waals surface area contributed by atoms with Crippen LogP contribution in [-0.2, 0) is 14.8 Å². The van der Waals surface area contributed by atoms with Crippen LogP contribution in [0.15, 0.2) is 29.2 Å². The summed E-state index contributed by atoms with van der Waals surface area (Å²) < 4.78 is 31.7. The van der Waals surface area contributed by atoms with E-state index in [-0.39, 0.29) is 10.8 Å². The Morgan fingerprint density at radius 2 is 1.88 bits per heavy atom. The van der Waals surface area contributed by atoms with Gasteiger partial charge >= 0.3 is 0 Å². The van der Waals surface area contributed by atoms with Gasteiger partial charge in [0.05, 0.1) is 4.90 Å². The lowest BCUT2D eigenvalue weighted by Gasteiger charge is -2.29. The van der Waals surface area contributed by atoms with Crippen LogP contribution < -0.4 is 5.32 Å². The largest absolute Gasteiger partial charge is 0.385 e. The van der Waals surface area contributed by atoms with Gasteiger partial charge in [0.1, 0.15) is 0 Å². The van der Waals surface area contributed by atoms with Gasteiger partial charge in [-0.1, -0.05) is 6.92 Å². The van der Waals surface area contributed by atoms with Crippen molar-refractivity contribution < 1.29 is 17.9 Å². The maximum Gasteiger partial charge on any atom is 0.251 e. The van der Waals surface area contributed by atoms with Crippen LogP contribution >= 0.6 is 0 Å². The number of carbonyl (C=O) groups is 1. The molecule has 1 heterocycles. The molecule has 1 aliphatic heterocycles. The summed E-state index contributed by atoms with van der Waals surface area (Å²) in [5.74, 6) is 0.363. The Labute approximate surface area is 144 Å². The number of rotatable bonds is 7. The van der Waals surface area contributed by atoms with Crippen molar-refractivity contribution in [3.05, 3.63) is 29.8 Å². The van der Waals surface area contributed by atoms with Gasteiger partial charge in [0, 0.05) is 38.9 Å². The molecule has 1 N–H and O–H groups in total. The van der Waals surface area contributed by atoms with E-state index in [1.165, 1.54) is 16.4 Å². The molecule has 1 aromatic carbocycles. The molecule has 1 saturated heterocycles. The van der Waals surface area contributed by atoms with E-state index in [0.717, 1.165) is 19.3 Å². The summed E-state index contributed by atoms with van der Waals surface area (Å²) in [6.45, 7) is 4.38. The van der Waals surface area contributed by atoms with Crippen LogP contribution in [0.1, 0.15) is 36.5 Å². The Balaban J connectivity index is 1.99. The molecular formula is C17H26N2O4S. The lowest BCUT2D eigenvalue weighted by molar-refractivity contribution is 0.0948. The van der Waals surface area contributed by atoms with E-state index >= 15 is 0 Å². The van der Waals surface area contributed by atoms with Crippen LogP contribution in [-0.4, -0.2) is 52.0 Å². The fraction of sp³-hybridized carbons (Fsp3) is 0.588. The molecule has 1 fully saturated rings. The maximum absolute atomic E-state index is 12.6. The van der Waals surface area contributed by atoms with Gasteiger partial charge in [-0.05, 0) is 49.4 Å². The van der Waals surface area contributed by atoms with Crippen molar-refractivity contribution >= 4 is 15.9 Å². The minimum Gasteiger partial charge on any atom is -0.385 e.